The lowest BCUT2D eigenvalue weighted by atomic mass is 10.0. The van der Waals surface area contributed by atoms with Crippen LogP contribution in [0.5, 0.6) is 0 Å². The Morgan fingerprint density at radius 2 is 1.89 bits per heavy atom. The Morgan fingerprint density at radius 1 is 1.28 bits per heavy atom. The Labute approximate surface area is 110 Å². The highest BCUT2D eigenvalue weighted by atomic mass is 15.3. The number of hydrogen-bond donors (Lipinski definition) is 2. The molecule has 1 aromatic rings. The summed E-state index contributed by atoms with van der Waals surface area (Å²) in [6.07, 6.45) is 3.76. The molecule has 1 aromatic heterocycles. The third-order valence-corrected chi connectivity index (χ3v) is 3.40. The number of nitrogen functional groups attached to an aromatic ring is 1. The molecular weight excluding hydrogens is 226 g/mol. The van der Waals surface area contributed by atoms with Crippen molar-refractivity contribution < 1.29 is 0 Å². The maximum absolute atomic E-state index is 5.54. The molecule has 0 spiro atoms. The molecule has 3 N–H and O–H groups in total. The number of nitrogens with two attached hydrogens (primary N) is 1. The molecule has 0 fully saturated rings. The summed E-state index contributed by atoms with van der Waals surface area (Å²) in [5.74, 6) is 7.55. The van der Waals surface area contributed by atoms with Gasteiger partial charge >= 0.3 is 0 Å². The highest BCUT2D eigenvalue weighted by Crippen LogP contribution is 2.31. The van der Waals surface area contributed by atoms with E-state index in [2.05, 4.69) is 55.0 Å². The third-order valence-electron chi connectivity index (χ3n) is 3.40. The highest BCUT2D eigenvalue weighted by Gasteiger charge is 2.20. The smallest absolute Gasteiger partial charge is 0.148 e. The number of hydrogen-bond acceptors (Lipinski definition) is 5. The standard InChI is InChI=1S/C13H25N5/c1-6-10(7-2)18(5)13-11(9(3)4)12(17-14)15-8-16-13/h8-10H,6-7,14H2,1-5H3,(H,15,16,17). The first-order chi connectivity index (χ1) is 8.56. The van der Waals surface area contributed by atoms with Crippen molar-refractivity contribution in [3.05, 3.63) is 11.9 Å². The second kappa shape index (κ2) is 6.54. The van der Waals surface area contributed by atoms with E-state index >= 15 is 0 Å². The zero-order valence-corrected chi connectivity index (χ0v) is 12.1. The number of hydrazine groups is 1. The molecule has 0 radical (unpaired) electrons. The van der Waals surface area contributed by atoms with E-state index in [1.807, 2.05) is 0 Å². The van der Waals surface area contributed by atoms with Crippen LogP contribution in [0, 0.1) is 0 Å². The van der Waals surface area contributed by atoms with E-state index in [0.29, 0.717) is 17.8 Å². The number of aromatic nitrogens is 2. The molecule has 0 aliphatic carbocycles. The molecule has 0 atom stereocenters. The largest absolute Gasteiger partial charge is 0.356 e. The molecule has 0 saturated carbocycles. The van der Waals surface area contributed by atoms with Crippen LogP contribution in [0.2, 0.25) is 0 Å². The van der Waals surface area contributed by atoms with Crippen molar-refractivity contribution >= 4 is 11.6 Å². The fourth-order valence-corrected chi connectivity index (χ4v) is 2.32. The van der Waals surface area contributed by atoms with Gasteiger partial charge in [0.05, 0.1) is 0 Å². The summed E-state index contributed by atoms with van der Waals surface area (Å²) in [7, 11) is 2.09. The fraction of sp³-hybridized carbons (Fsp3) is 0.692. The SMILES string of the molecule is CCC(CC)N(C)c1ncnc(NN)c1C(C)C. The minimum atomic E-state index is 0.323. The molecule has 1 heterocycles. The van der Waals surface area contributed by atoms with Gasteiger partial charge in [-0.25, -0.2) is 15.8 Å². The third kappa shape index (κ3) is 2.90. The van der Waals surface area contributed by atoms with Gasteiger partial charge in [-0.05, 0) is 18.8 Å². The van der Waals surface area contributed by atoms with Crippen LogP contribution in [-0.2, 0) is 0 Å². The van der Waals surface area contributed by atoms with Crippen molar-refractivity contribution in [3.8, 4) is 0 Å². The molecule has 5 heteroatoms. The van der Waals surface area contributed by atoms with Gasteiger partial charge in [0.1, 0.15) is 18.0 Å². The second-order valence-electron chi connectivity index (χ2n) is 4.84. The van der Waals surface area contributed by atoms with Crippen LogP contribution in [0.4, 0.5) is 11.6 Å². The van der Waals surface area contributed by atoms with Gasteiger partial charge in [0.15, 0.2) is 0 Å². The van der Waals surface area contributed by atoms with Crippen molar-refractivity contribution in [2.75, 3.05) is 17.4 Å². The van der Waals surface area contributed by atoms with Crippen LogP contribution < -0.4 is 16.2 Å². The number of rotatable bonds is 6. The van der Waals surface area contributed by atoms with E-state index in [-0.39, 0.29) is 0 Å². The molecule has 0 aliphatic rings. The normalized spacial score (nSPS) is 11.1. The number of nitrogens with zero attached hydrogens (tertiary/aromatic N) is 3. The summed E-state index contributed by atoms with van der Waals surface area (Å²) < 4.78 is 0. The highest BCUT2D eigenvalue weighted by molar-refractivity contribution is 5.59. The van der Waals surface area contributed by atoms with Crippen molar-refractivity contribution in [1.29, 1.82) is 0 Å². The Kier molecular flexibility index (Phi) is 5.34. The quantitative estimate of drug-likeness (QED) is 0.600. The molecule has 1 rings (SSSR count). The van der Waals surface area contributed by atoms with Gasteiger partial charge in [-0.3, -0.25) is 0 Å². The van der Waals surface area contributed by atoms with E-state index in [9.17, 15) is 0 Å². The van der Waals surface area contributed by atoms with Gasteiger partial charge in [-0.1, -0.05) is 27.7 Å². The molecule has 0 amide bonds. The molecule has 0 saturated heterocycles. The first kappa shape index (κ1) is 14.7. The Morgan fingerprint density at radius 3 is 2.33 bits per heavy atom. The Hall–Kier alpha value is -1.36. The van der Waals surface area contributed by atoms with Crippen molar-refractivity contribution in [1.82, 2.24) is 9.97 Å². The Bertz CT molecular complexity index is 374. The van der Waals surface area contributed by atoms with E-state index in [4.69, 9.17) is 5.84 Å². The second-order valence-corrected chi connectivity index (χ2v) is 4.84. The lowest BCUT2D eigenvalue weighted by Crippen LogP contribution is -2.32. The fourth-order valence-electron chi connectivity index (χ4n) is 2.32. The number of anilines is 2. The van der Waals surface area contributed by atoms with Crippen LogP contribution in [0.1, 0.15) is 52.0 Å². The summed E-state index contributed by atoms with van der Waals surface area (Å²) in [5, 5.41) is 0. The van der Waals surface area contributed by atoms with Gasteiger partial charge in [-0.2, -0.15) is 0 Å². The summed E-state index contributed by atoms with van der Waals surface area (Å²) in [4.78, 5) is 10.9. The zero-order chi connectivity index (χ0) is 13.7. The molecule has 5 nitrogen and oxygen atoms in total. The lowest BCUT2D eigenvalue weighted by molar-refractivity contribution is 0.582. The average molecular weight is 251 g/mol. The molecule has 102 valence electrons. The van der Waals surface area contributed by atoms with Gasteiger partial charge in [0.25, 0.3) is 0 Å². The van der Waals surface area contributed by atoms with Gasteiger partial charge in [-0.15, -0.1) is 0 Å². The van der Waals surface area contributed by atoms with E-state index in [1.54, 1.807) is 6.33 Å². The molecular formula is C13H25N5. The van der Waals surface area contributed by atoms with E-state index < -0.39 is 0 Å². The Balaban J connectivity index is 3.22. The molecule has 18 heavy (non-hydrogen) atoms. The average Bonchev–Trinajstić information content (AvgIpc) is 2.38. The van der Waals surface area contributed by atoms with Crippen LogP contribution in [0.3, 0.4) is 0 Å². The van der Waals surface area contributed by atoms with Crippen molar-refractivity contribution in [2.45, 2.75) is 52.5 Å². The topological polar surface area (TPSA) is 67.1 Å². The zero-order valence-electron chi connectivity index (χ0n) is 12.1. The first-order valence-corrected chi connectivity index (χ1v) is 6.61. The monoisotopic (exact) mass is 251 g/mol. The van der Waals surface area contributed by atoms with Gasteiger partial charge < -0.3 is 10.3 Å². The summed E-state index contributed by atoms with van der Waals surface area (Å²) in [5.41, 5.74) is 3.75. The maximum atomic E-state index is 5.54. The summed E-state index contributed by atoms with van der Waals surface area (Å²) in [6.45, 7) is 8.65. The van der Waals surface area contributed by atoms with Crippen LogP contribution in [0.25, 0.3) is 0 Å². The summed E-state index contributed by atoms with van der Waals surface area (Å²) >= 11 is 0. The predicted octanol–water partition coefficient (Wildman–Crippen LogP) is 2.51. The predicted molar refractivity (Wildman–Crippen MR) is 76.7 cm³/mol. The molecule has 0 bridgehead atoms. The van der Waals surface area contributed by atoms with Gasteiger partial charge in [0, 0.05) is 18.7 Å². The van der Waals surface area contributed by atoms with Crippen LogP contribution in [-0.4, -0.2) is 23.1 Å². The maximum Gasteiger partial charge on any atom is 0.148 e. The van der Waals surface area contributed by atoms with E-state index in [0.717, 1.165) is 24.2 Å². The molecule has 0 unspecified atom stereocenters. The molecule has 0 aromatic carbocycles. The molecule has 0 aliphatic heterocycles. The van der Waals surface area contributed by atoms with Crippen molar-refractivity contribution in [2.24, 2.45) is 5.84 Å². The first-order valence-electron chi connectivity index (χ1n) is 6.61. The minimum absolute atomic E-state index is 0.323. The van der Waals surface area contributed by atoms with Crippen molar-refractivity contribution in [3.63, 3.8) is 0 Å². The van der Waals surface area contributed by atoms with Crippen LogP contribution in [0.15, 0.2) is 6.33 Å². The number of nitrogens with one attached hydrogen (secondary N) is 1. The summed E-state index contributed by atoms with van der Waals surface area (Å²) in [6, 6.07) is 0.489. The van der Waals surface area contributed by atoms with Crippen LogP contribution >= 0.6 is 0 Å². The van der Waals surface area contributed by atoms with Gasteiger partial charge in [0.2, 0.25) is 0 Å². The lowest BCUT2D eigenvalue weighted by Gasteiger charge is -2.30. The minimum Gasteiger partial charge on any atom is -0.356 e. The van der Waals surface area contributed by atoms with E-state index in [1.165, 1.54) is 0 Å².